The van der Waals surface area contributed by atoms with E-state index in [1.807, 2.05) is 32.0 Å². The Balaban J connectivity index is 1.93. The number of hydrogen-bond acceptors (Lipinski definition) is 6. The first kappa shape index (κ1) is 17.4. The highest BCUT2D eigenvalue weighted by Gasteiger charge is 2.14. The van der Waals surface area contributed by atoms with E-state index in [-0.39, 0.29) is 5.69 Å². The topological polar surface area (TPSA) is 103 Å². The van der Waals surface area contributed by atoms with E-state index in [0.29, 0.717) is 41.9 Å². The predicted molar refractivity (Wildman–Crippen MR) is 96.2 cm³/mol. The molecule has 1 heterocycles. The van der Waals surface area contributed by atoms with Crippen molar-refractivity contribution in [2.24, 2.45) is 0 Å². The Kier molecular flexibility index (Phi) is 5.12. The lowest BCUT2D eigenvalue weighted by molar-refractivity contribution is -0.384. The van der Waals surface area contributed by atoms with E-state index < -0.39 is 4.92 Å². The second-order valence-electron chi connectivity index (χ2n) is 5.34. The van der Waals surface area contributed by atoms with Crippen LogP contribution in [0.5, 0.6) is 11.5 Å². The average molecular weight is 354 g/mol. The van der Waals surface area contributed by atoms with Gasteiger partial charge >= 0.3 is 0 Å². The van der Waals surface area contributed by atoms with Crippen LogP contribution < -0.4 is 9.47 Å². The zero-order chi connectivity index (χ0) is 18.5. The van der Waals surface area contributed by atoms with Gasteiger partial charge in [0.25, 0.3) is 5.69 Å². The molecule has 1 aromatic heterocycles. The molecule has 8 heteroatoms. The second-order valence-corrected chi connectivity index (χ2v) is 5.34. The molecule has 0 aliphatic rings. The highest BCUT2D eigenvalue weighted by molar-refractivity contribution is 5.65. The summed E-state index contributed by atoms with van der Waals surface area (Å²) in [7, 11) is 0. The molecule has 0 saturated carbocycles. The third-order valence-corrected chi connectivity index (χ3v) is 3.62. The molecule has 134 valence electrons. The van der Waals surface area contributed by atoms with Crippen molar-refractivity contribution >= 4 is 5.69 Å². The zero-order valence-corrected chi connectivity index (χ0v) is 14.4. The lowest BCUT2D eigenvalue weighted by atomic mass is 10.2. The van der Waals surface area contributed by atoms with Crippen LogP contribution in [0.1, 0.15) is 13.8 Å². The van der Waals surface area contributed by atoms with E-state index in [0.717, 1.165) is 5.56 Å². The quantitative estimate of drug-likeness (QED) is 0.511. The fourth-order valence-corrected chi connectivity index (χ4v) is 2.48. The van der Waals surface area contributed by atoms with E-state index >= 15 is 0 Å². The molecule has 0 radical (unpaired) electrons. The van der Waals surface area contributed by atoms with Crippen molar-refractivity contribution in [3.63, 3.8) is 0 Å². The first-order chi connectivity index (χ1) is 12.6. The highest BCUT2D eigenvalue weighted by Crippen LogP contribution is 2.32. The summed E-state index contributed by atoms with van der Waals surface area (Å²) in [5.41, 5.74) is 1.34. The van der Waals surface area contributed by atoms with Gasteiger partial charge in [-0.2, -0.15) is 5.10 Å². The van der Waals surface area contributed by atoms with E-state index in [9.17, 15) is 10.1 Å². The lowest BCUT2D eigenvalue weighted by Gasteiger charge is -2.11. The fourth-order valence-electron chi connectivity index (χ4n) is 2.48. The average Bonchev–Trinajstić information content (AvgIpc) is 3.14. The maximum absolute atomic E-state index is 10.9. The van der Waals surface area contributed by atoms with Gasteiger partial charge in [0.05, 0.1) is 18.1 Å². The number of aromatic nitrogens is 3. The normalized spacial score (nSPS) is 10.5. The van der Waals surface area contributed by atoms with Gasteiger partial charge in [0.15, 0.2) is 23.1 Å². The van der Waals surface area contributed by atoms with E-state index in [4.69, 9.17) is 9.47 Å². The summed E-state index contributed by atoms with van der Waals surface area (Å²) < 4.78 is 11.2. The van der Waals surface area contributed by atoms with Crippen LogP contribution in [0.15, 0.2) is 42.5 Å². The Morgan fingerprint density at radius 3 is 2.54 bits per heavy atom. The summed E-state index contributed by atoms with van der Waals surface area (Å²) in [5.74, 6) is 2.21. The van der Waals surface area contributed by atoms with Crippen molar-refractivity contribution in [3.8, 4) is 34.3 Å². The Morgan fingerprint density at radius 2 is 1.81 bits per heavy atom. The summed E-state index contributed by atoms with van der Waals surface area (Å²) in [4.78, 5) is 14.9. The molecule has 26 heavy (non-hydrogen) atoms. The number of benzene rings is 2. The number of H-pyrrole nitrogens is 1. The molecule has 0 aliphatic carbocycles. The third-order valence-electron chi connectivity index (χ3n) is 3.62. The van der Waals surface area contributed by atoms with Gasteiger partial charge in [-0.05, 0) is 32.0 Å². The maximum Gasteiger partial charge on any atom is 0.270 e. The second kappa shape index (κ2) is 7.64. The van der Waals surface area contributed by atoms with Gasteiger partial charge in [-0.1, -0.05) is 12.1 Å². The number of hydrogen-bond donors (Lipinski definition) is 1. The number of nitro groups is 1. The molecule has 1 N–H and O–H groups in total. The van der Waals surface area contributed by atoms with Crippen LogP contribution in [-0.2, 0) is 0 Å². The number of nitro benzene ring substituents is 1. The lowest BCUT2D eigenvalue weighted by Crippen LogP contribution is -1.98. The summed E-state index contributed by atoms with van der Waals surface area (Å²) in [6.45, 7) is 4.86. The van der Waals surface area contributed by atoms with Crippen LogP contribution in [-0.4, -0.2) is 33.3 Å². The van der Waals surface area contributed by atoms with Gasteiger partial charge in [0.1, 0.15) is 0 Å². The van der Waals surface area contributed by atoms with Gasteiger partial charge in [-0.15, -0.1) is 0 Å². The Bertz CT molecular complexity index is 923. The molecule has 0 unspecified atom stereocenters. The zero-order valence-electron chi connectivity index (χ0n) is 14.4. The van der Waals surface area contributed by atoms with E-state index in [2.05, 4.69) is 15.2 Å². The number of ether oxygens (including phenoxy) is 2. The molecule has 0 amide bonds. The van der Waals surface area contributed by atoms with Gasteiger partial charge in [-0.25, -0.2) is 4.98 Å². The van der Waals surface area contributed by atoms with E-state index in [1.54, 1.807) is 12.1 Å². The van der Waals surface area contributed by atoms with Gasteiger partial charge in [-0.3, -0.25) is 15.2 Å². The summed E-state index contributed by atoms with van der Waals surface area (Å²) in [6, 6.07) is 11.7. The van der Waals surface area contributed by atoms with Crippen LogP contribution >= 0.6 is 0 Å². The molecule has 3 aromatic rings. The Labute approximate surface area is 150 Å². The number of non-ortho nitro benzene ring substituents is 1. The van der Waals surface area contributed by atoms with Gasteiger partial charge in [0, 0.05) is 23.3 Å². The van der Waals surface area contributed by atoms with Gasteiger partial charge in [0.2, 0.25) is 0 Å². The van der Waals surface area contributed by atoms with Crippen LogP contribution in [0.25, 0.3) is 22.8 Å². The molecular weight excluding hydrogens is 336 g/mol. The van der Waals surface area contributed by atoms with Crippen molar-refractivity contribution in [1.82, 2.24) is 15.2 Å². The van der Waals surface area contributed by atoms with Crippen molar-refractivity contribution in [2.45, 2.75) is 13.8 Å². The Morgan fingerprint density at radius 1 is 1.04 bits per heavy atom. The minimum absolute atomic E-state index is 0.00597. The van der Waals surface area contributed by atoms with Crippen molar-refractivity contribution < 1.29 is 14.4 Å². The molecular formula is C18H18N4O4. The molecule has 0 bridgehead atoms. The highest BCUT2D eigenvalue weighted by atomic mass is 16.6. The molecule has 0 saturated heterocycles. The summed E-state index contributed by atoms with van der Waals surface area (Å²) in [5, 5.41) is 18.0. The molecule has 8 nitrogen and oxygen atoms in total. The van der Waals surface area contributed by atoms with Crippen LogP contribution in [0.3, 0.4) is 0 Å². The van der Waals surface area contributed by atoms with Crippen LogP contribution in [0, 0.1) is 10.1 Å². The number of nitrogens with one attached hydrogen (secondary N) is 1. The third kappa shape index (κ3) is 3.64. The van der Waals surface area contributed by atoms with Crippen LogP contribution in [0.2, 0.25) is 0 Å². The largest absolute Gasteiger partial charge is 0.490 e. The minimum Gasteiger partial charge on any atom is -0.490 e. The standard InChI is InChI=1S/C18H18N4O4/c1-3-25-15-9-8-13(11-16(15)26-4-2)18-19-17(20-21-18)12-6-5-7-14(10-12)22(23)24/h5-11H,3-4H2,1-2H3,(H,19,20,21). The number of aromatic amines is 1. The maximum atomic E-state index is 10.9. The summed E-state index contributed by atoms with van der Waals surface area (Å²) >= 11 is 0. The molecule has 0 atom stereocenters. The molecule has 0 spiro atoms. The number of rotatable bonds is 7. The Hall–Kier alpha value is -3.42. The minimum atomic E-state index is -0.447. The van der Waals surface area contributed by atoms with Crippen molar-refractivity contribution in [3.05, 3.63) is 52.6 Å². The van der Waals surface area contributed by atoms with Crippen LogP contribution in [0.4, 0.5) is 5.69 Å². The molecule has 3 rings (SSSR count). The SMILES string of the molecule is CCOc1ccc(-c2nc(-c3cccc([N+](=O)[O-])c3)n[nH]2)cc1OCC. The molecule has 0 fully saturated rings. The first-order valence-electron chi connectivity index (χ1n) is 8.19. The predicted octanol–water partition coefficient (Wildman–Crippen LogP) is 3.84. The van der Waals surface area contributed by atoms with Crippen molar-refractivity contribution in [1.29, 1.82) is 0 Å². The van der Waals surface area contributed by atoms with Gasteiger partial charge < -0.3 is 9.47 Å². The molecule has 2 aromatic carbocycles. The first-order valence-corrected chi connectivity index (χ1v) is 8.19. The van der Waals surface area contributed by atoms with Crippen molar-refractivity contribution in [2.75, 3.05) is 13.2 Å². The fraction of sp³-hybridized carbons (Fsp3) is 0.222. The number of nitrogens with zero attached hydrogens (tertiary/aromatic N) is 3. The monoisotopic (exact) mass is 354 g/mol. The van der Waals surface area contributed by atoms with E-state index in [1.165, 1.54) is 12.1 Å². The molecule has 0 aliphatic heterocycles. The smallest absolute Gasteiger partial charge is 0.270 e. The summed E-state index contributed by atoms with van der Waals surface area (Å²) in [6.07, 6.45) is 0.